The Labute approximate surface area is 192 Å². The number of hydrogen-bond acceptors (Lipinski definition) is 11. The van der Waals surface area contributed by atoms with Crippen LogP contribution in [-0.2, 0) is 22.7 Å². The van der Waals surface area contributed by atoms with Crippen LogP contribution < -0.4 is 28.4 Å². The average molecular weight is 467 g/mol. The van der Waals surface area contributed by atoms with Crippen LogP contribution in [0.1, 0.15) is 11.1 Å². The Morgan fingerprint density at radius 3 is 1.65 bits per heavy atom. The minimum atomic E-state index is -0.956. The Balaban J connectivity index is 1.10. The molecule has 0 saturated carbocycles. The molecule has 11 heteroatoms. The van der Waals surface area contributed by atoms with Gasteiger partial charge in [-0.15, -0.1) is 0 Å². The molecule has 34 heavy (non-hydrogen) atoms. The third-order valence-corrected chi connectivity index (χ3v) is 4.68. The molecule has 0 aliphatic carbocycles. The zero-order valence-corrected chi connectivity index (χ0v) is 17.6. The molecule has 11 nitrogen and oxygen atoms in total. The highest BCUT2D eigenvalue weighted by Gasteiger charge is 2.16. The normalized spacial score (nSPS) is 12.7. The highest BCUT2D eigenvalue weighted by Crippen LogP contribution is 2.33. The number of carbonyl (C=O) groups excluding carboxylic acids is 2. The van der Waals surface area contributed by atoms with Crippen LogP contribution in [0.3, 0.4) is 0 Å². The lowest BCUT2D eigenvalue weighted by Crippen LogP contribution is -2.12. The molecule has 0 spiro atoms. The number of carbonyl (C=O) groups is 2. The van der Waals surface area contributed by atoms with Crippen LogP contribution in [0, 0.1) is 0 Å². The van der Waals surface area contributed by atoms with Crippen LogP contribution in [-0.4, -0.2) is 30.9 Å². The molecular formula is C23H17NO10. The van der Waals surface area contributed by atoms with Gasteiger partial charge in [-0.25, -0.2) is 9.59 Å². The summed E-state index contributed by atoms with van der Waals surface area (Å²) in [5.41, 5.74) is 1.39. The van der Waals surface area contributed by atoms with Gasteiger partial charge in [0, 0.05) is 6.07 Å². The van der Waals surface area contributed by atoms with Gasteiger partial charge in [-0.2, -0.15) is 0 Å². The van der Waals surface area contributed by atoms with Gasteiger partial charge in [0.1, 0.15) is 13.2 Å². The van der Waals surface area contributed by atoms with E-state index in [9.17, 15) is 9.59 Å². The van der Waals surface area contributed by atoms with Crippen molar-refractivity contribution in [3.63, 3.8) is 0 Å². The molecule has 5 rings (SSSR count). The highest BCUT2D eigenvalue weighted by molar-refractivity contribution is 5.66. The zero-order chi connectivity index (χ0) is 23.3. The number of aromatic nitrogens is 1. The molecule has 0 fully saturated rings. The van der Waals surface area contributed by atoms with Crippen molar-refractivity contribution in [3.8, 4) is 34.5 Å². The van der Waals surface area contributed by atoms with E-state index in [1.165, 1.54) is 18.5 Å². The van der Waals surface area contributed by atoms with Gasteiger partial charge in [-0.1, -0.05) is 12.1 Å². The zero-order valence-electron chi connectivity index (χ0n) is 17.6. The molecule has 2 aliphatic heterocycles. The lowest BCUT2D eigenvalue weighted by Gasteiger charge is -2.08. The van der Waals surface area contributed by atoms with E-state index in [-0.39, 0.29) is 38.3 Å². The van der Waals surface area contributed by atoms with E-state index in [0.717, 1.165) is 0 Å². The quantitative estimate of drug-likeness (QED) is 0.490. The SMILES string of the molecule is O=C(OCc1ccc2c(c1)OCO2)Oc1cncc(OC(=O)OCc2ccc3c(c2)OCO3)c1. The molecule has 1 aromatic heterocycles. The van der Waals surface area contributed by atoms with Crippen molar-refractivity contribution in [2.45, 2.75) is 13.2 Å². The van der Waals surface area contributed by atoms with Gasteiger partial charge in [-0.3, -0.25) is 4.98 Å². The fourth-order valence-electron chi connectivity index (χ4n) is 3.11. The van der Waals surface area contributed by atoms with Crippen molar-refractivity contribution in [1.29, 1.82) is 0 Å². The monoisotopic (exact) mass is 467 g/mol. The van der Waals surface area contributed by atoms with Crippen LogP contribution in [0.15, 0.2) is 54.9 Å². The Morgan fingerprint density at radius 1 is 0.676 bits per heavy atom. The summed E-state index contributed by atoms with van der Waals surface area (Å²) in [6.45, 7) is 0.231. The topological polar surface area (TPSA) is 121 Å². The predicted octanol–water partition coefficient (Wildman–Crippen LogP) is 3.97. The Hall–Kier alpha value is -4.67. The molecule has 174 valence electrons. The maximum atomic E-state index is 12.0. The lowest BCUT2D eigenvalue weighted by atomic mass is 10.2. The van der Waals surface area contributed by atoms with Gasteiger partial charge in [0.2, 0.25) is 13.6 Å². The van der Waals surface area contributed by atoms with Crippen LogP contribution >= 0.6 is 0 Å². The summed E-state index contributed by atoms with van der Waals surface area (Å²) in [5.74, 6) is 2.46. The molecular weight excluding hydrogens is 450 g/mol. The fraction of sp³-hybridized carbons (Fsp3) is 0.174. The third kappa shape index (κ3) is 5.04. The summed E-state index contributed by atoms with van der Waals surface area (Å²) >= 11 is 0. The smallest absolute Gasteiger partial charge is 0.454 e. The molecule has 3 heterocycles. The Kier molecular flexibility index (Phi) is 5.89. The molecule has 0 amide bonds. The van der Waals surface area contributed by atoms with Crippen molar-refractivity contribution in [3.05, 3.63) is 66.0 Å². The van der Waals surface area contributed by atoms with Gasteiger partial charge < -0.3 is 37.9 Å². The van der Waals surface area contributed by atoms with E-state index < -0.39 is 12.3 Å². The molecule has 2 aliphatic rings. The summed E-state index contributed by atoms with van der Waals surface area (Å²) in [7, 11) is 0. The summed E-state index contributed by atoms with van der Waals surface area (Å²) in [5, 5.41) is 0. The summed E-state index contributed by atoms with van der Waals surface area (Å²) in [6.07, 6.45) is 0.628. The van der Waals surface area contributed by atoms with Gasteiger partial charge in [0.15, 0.2) is 34.5 Å². The van der Waals surface area contributed by atoms with E-state index >= 15 is 0 Å². The molecule has 0 radical (unpaired) electrons. The number of fused-ring (bicyclic) bond motifs is 2. The van der Waals surface area contributed by atoms with Crippen LogP contribution in [0.5, 0.6) is 34.5 Å². The maximum Gasteiger partial charge on any atom is 0.514 e. The first-order valence-corrected chi connectivity index (χ1v) is 10.0. The lowest BCUT2D eigenvalue weighted by molar-refractivity contribution is 0.0910. The average Bonchev–Trinajstić information content (AvgIpc) is 3.50. The van der Waals surface area contributed by atoms with Crippen molar-refractivity contribution in [1.82, 2.24) is 4.98 Å². The Bertz CT molecular complexity index is 1140. The highest BCUT2D eigenvalue weighted by atomic mass is 16.7. The second-order valence-electron chi connectivity index (χ2n) is 7.01. The molecule has 0 bridgehead atoms. The van der Waals surface area contributed by atoms with Crippen LogP contribution in [0.25, 0.3) is 0 Å². The van der Waals surface area contributed by atoms with Gasteiger partial charge in [0.25, 0.3) is 0 Å². The molecule has 2 aromatic carbocycles. The second-order valence-corrected chi connectivity index (χ2v) is 7.01. The Morgan fingerprint density at radius 2 is 1.15 bits per heavy atom. The van der Waals surface area contributed by atoms with E-state index in [2.05, 4.69) is 4.98 Å². The van der Waals surface area contributed by atoms with Gasteiger partial charge in [-0.05, 0) is 35.4 Å². The summed E-state index contributed by atoms with van der Waals surface area (Å²) in [6, 6.07) is 11.7. The minimum Gasteiger partial charge on any atom is -0.454 e. The number of benzene rings is 2. The van der Waals surface area contributed by atoms with Crippen molar-refractivity contribution in [2.75, 3.05) is 13.6 Å². The third-order valence-electron chi connectivity index (χ3n) is 4.68. The van der Waals surface area contributed by atoms with Crippen molar-refractivity contribution >= 4 is 12.3 Å². The van der Waals surface area contributed by atoms with Crippen LogP contribution in [0.2, 0.25) is 0 Å². The number of rotatable bonds is 6. The minimum absolute atomic E-state index is 0.0248. The largest absolute Gasteiger partial charge is 0.514 e. The summed E-state index contributed by atoms with van der Waals surface area (Å²) < 4.78 is 41.4. The first-order valence-electron chi connectivity index (χ1n) is 10.0. The number of nitrogens with zero attached hydrogens (tertiary/aromatic N) is 1. The fourth-order valence-corrected chi connectivity index (χ4v) is 3.11. The van der Waals surface area contributed by atoms with Crippen molar-refractivity contribution in [2.24, 2.45) is 0 Å². The second kappa shape index (κ2) is 9.45. The van der Waals surface area contributed by atoms with Crippen LogP contribution in [0.4, 0.5) is 9.59 Å². The first kappa shape index (κ1) is 21.2. The van der Waals surface area contributed by atoms with E-state index in [1.54, 1.807) is 36.4 Å². The number of ether oxygens (including phenoxy) is 8. The molecule has 3 aromatic rings. The molecule has 0 atom stereocenters. The standard InChI is InChI=1S/C23H17NO10/c25-22(27-10-14-1-3-18-20(5-14)31-12-29-18)33-16-7-17(9-24-8-16)34-23(26)28-11-15-2-4-19-21(6-15)32-13-30-19/h1-9H,10-13H2. The summed E-state index contributed by atoms with van der Waals surface area (Å²) in [4.78, 5) is 27.9. The van der Waals surface area contributed by atoms with Gasteiger partial charge >= 0.3 is 12.3 Å². The number of hydrogen-bond donors (Lipinski definition) is 0. The predicted molar refractivity (Wildman–Crippen MR) is 111 cm³/mol. The van der Waals surface area contributed by atoms with E-state index in [0.29, 0.717) is 34.1 Å². The van der Waals surface area contributed by atoms with Gasteiger partial charge in [0.05, 0.1) is 12.4 Å². The molecule has 0 N–H and O–H groups in total. The maximum absolute atomic E-state index is 12.0. The number of pyridine rings is 1. The molecule has 0 saturated heterocycles. The van der Waals surface area contributed by atoms with E-state index in [1.807, 2.05) is 0 Å². The van der Waals surface area contributed by atoms with Crippen molar-refractivity contribution < 1.29 is 47.5 Å². The molecule has 0 unspecified atom stereocenters. The van der Waals surface area contributed by atoms with E-state index in [4.69, 9.17) is 37.9 Å². The first-order chi connectivity index (χ1) is 16.6.